The minimum absolute atomic E-state index is 0.0129. The fraction of sp³-hybridized carbons (Fsp3) is 0.947. The van der Waals surface area contributed by atoms with E-state index in [4.69, 9.17) is 8.85 Å². The van der Waals surface area contributed by atoms with Gasteiger partial charge in [-0.05, 0) is 142 Å². The van der Waals surface area contributed by atoms with Gasteiger partial charge < -0.3 is 14.0 Å². The summed E-state index contributed by atoms with van der Waals surface area (Å²) < 4.78 is 13.8. The molecule has 250 valence electrons. The lowest BCUT2D eigenvalue weighted by molar-refractivity contribution is -0.0783. The van der Waals surface area contributed by atoms with Crippen molar-refractivity contribution in [2.75, 3.05) is 0 Å². The summed E-state index contributed by atoms with van der Waals surface area (Å²) in [6, 6.07) is 3.68. The van der Waals surface area contributed by atoms with Gasteiger partial charge in [-0.25, -0.2) is 0 Å². The third-order valence-electron chi connectivity index (χ3n) is 14.3. The van der Waals surface area contributed by atoms with E-state index in [-0.39, 0.29) is 16.1 Å². The largest absolute Gasteiger partial charge is 0.414 e. The van der Waals surface area contributed by atoms with Gasteiger partial charge in [0.05, 0.1) is 11.2 Å². The molecule has 0 amide bonds. The maximum Gasteiger partial charge on any atom is 0.192 e. The lowest BCUT2D eigenvalue weighted by Crippen LogP contribution is -2.49. The highest BCUT2D eigenvalue weighted by molar-refractivity contribution is 6.74. The van der Waals surface area contributed by atoms with Crippen molar-refractivity contribution in [3.05, 3.63) is 12.2 Å². The lowest BCUT2D eigenvalue weighted by atomic mass is 9.57. The number of hydrogen-bond acceptors (Lipinski definition) is 3. The Bertz CT molecular complexity index is 972. The van der Waals surface area contributed by atoms with Crippen molar-refractivity contribution < 1.29 is 14.0 Å². The Morgan fingerprint density at radius 3 is 2.21 bits per heavy atom. The van der Waals surface area contributed by atoms with Crippen LogP contribution in [0, 0.1) is 34.5 Å². The van der Waals surface area contributed by atoms with E-state index in [1.165, 1.54) is 63.1 Å². The van der Waals surface area contributed by atoms with Crippen molar-refractivity contribution in [2.24, 2.45) is 34.5 Å². The second kappa shape index (κ2) is 12.6. The van der Waals surface area contributed by atoms with Gasteiger partial charge in [0.25, 0.3) is 0 Å². The Hall–Kier alpha value is 0.0538. The van der Waals surface area contributed by atoms with E-state index in [1.807, 2.05) is 0 Å². The summed E-state index contributed by atoms with van der Waals surface area (Å²) >= 11 is 0. The average Bonchev–Trinajstić information content (AvgIpc) is 3.26. The predicted octanol–water partition coefficient (Wildman–Crippen LogP) is 11.3. The monoisotopic (exact) mass is 633 g/mol. The van der Waals surface area contributed by atoms with Crippen LogP contribution in [-0.2, 0) is 8.85 Å². The molecule has 1 unspecified atom stereocenters. The molecule has 4 fully saturated rings. The summed E-state index contributed by atoms with van der Waals surface area (Å²) in [5.74, 6) is 2.59. The summed E-state index contributed by atoms with van der Waals surface area (Å²) in [6.45, 7) is 28.6. The van der Waals surface area contributed by atoms with Gasteiger partial charge in [-0.3, -0.25) is 0 Å². The van der Waals surface area contributed by atoms with E-state index < -0.39 is 22.2 Å². The quantitative estimate of drug-likeness (QED) is 0.153. The molecular formula is C38H72O3Si2. The SMILES string of the molecule is CC[Si](CC)(CC)OC(C)(C)CCC[C@@H](C)[C@H]1CC[C@H]2C(O)(/C=C/[C@@]34C[C@@H](O[Si](C)(C)C(C)(C)C)C[C@H]3C4)CCC[C@]12C. The molecule has 8 atom stereocenters. The molecule has 43 heavy (non-hydrogen) atoms. The van der Waals surface area contributed by atoms with Gasteiger partial charge in [0.2, 0.25) is 0 Å². The first-order valence-corrected chi connectivity index (χ1v) is 24.0. The molecule has 0 aromatic rings. The van der Waals surface area contributed by atoms with E-state index in [2.05, 4.69) is 94.5 Å². The van der Waals surface area contributed by atoms with Gasteiger partial charge in [-0.15, -0.1) is 0 Å². The van der Waals surface area contributed by atoms with Gasteiger partial charge in [-0.1, -0.05) is 80.4 Å². The maximum absolute atomic E-state index is 12.3. The van der Waals surface area contributed by atoms with Crippen molar-refractivity contribution >= 4 is 16.6 Å². The van der Waals surface area contributed by atoms with Crippen LogP contribution in [0.1, 0.15) is 140 Å². The lowest BCUT2D eigenvalue weighted by Gasteiger charge is -2.50. The van der Waals surface area contributed by atoms with Crippen molar-refractivity contribution in [2.45, 2.75) is 193 Å². The third kappa shape index (κ3) is 7.31. The smallest absolute Gasteiger partial charge is 0.192 e. The molecule has 0 saturated heterocycles. The topological polar surface area (TPSA) is 38.7 Å². The van der Waals surface area contributed by atoms with E-state index in [1.54, 1.807) is 0 Å². The minimum Gasteiger partial charge on any atom is -0.414 e. The van der Waals surface area contributed by atoms with Gasteiger partial charge in [0, 0.05) is 6.10 Å². The van der Waals surface area contributed by atoms with Crippen LogP contribution in [0.4, 0.5) is 0 Å². The Kier molecular flexibility index (Phi) is 10.5. The highest BCUT2D eigenvalue weighted by Crippen LogP contribution is 2.67. The Labute approximate surface area is 270 Å². The van der Waals surface area contributed by atoms with Crippen molar-refractivity contribution in [1.29, 1.82) is 0 Å². The second-order valence-corrected chi connectivity index (χ2v) is 27.9. The molecule has 0 aliphatic heterocycles. The summed E-state index contributed by atoms with van der Waals surface area (Å²) in [6.07, 6.45) is 18.5. The average molecular weight is 633 g/mol. The Morgan fingerprint density at radius 2 is 1.60 bits per heavy atom. The van der Waals surface area contributed by atoms with Crippen LogP contribution in [0.2, 0.25) is 36.3 Å². The third-order valence-corrected chi connectivity index (χ3v) is 23.6. The molecule has 4 saturated carbocycles. The van der Waals surface area contributed by atoms with Crippen LogP contribution in [0.5, 0.6) is 0 Å². The first-order chi connectivity index (χ1) is 19.8. The fourth-order valence-electron chi connectivity index (χ4n) is 10.2. The number of rotatable bonds is 14. The molecule has 3 nitrogen and oxygen atoms in total. The molecule has 1 N–H and O–H groups in total. The van der Waals surface area contributed by atoms with Crippen LogP contribution < -0.4 is 0 Å². The molecule has 4 aliphatic rings. The van der Waals surface area contributed by atoms with Crippen LogP contribution in [0.25, 0.3) is 0 Å². The van der Waals surface area contributed by atoms with E-state index in [0.29, 0.717) is 23.4 Å². The van der Waals surface area contributed by atoms with Gasteiger partial charge in [0.1, 0.15) is 0 Å². The molecule has 4 aliphatic carbocycles. The van der Waals surface area contributed by atoms with Gasteiger partial charge in [0.15, 0.2) is 16.6 Å². The molecule has 0 bridgehead atoms. The second-order valence-electron chi connectivity index (χ2n) is 18.5. The highest BCUT2D eigenvalue weighted by atomic mass is 28.4. The molecule has 4 rings (SSSR count). The van der Waals surface area contributed by atoms with Crippen molar-refractivity contribution in [3.8, 4) is 0 Å². The van der Waals surface area contributed by atoms with Crippen LogP contribution >= 0.6 is 0 Å². The Balaban J connectivity index is 1.35. The zero-order valence-corrected chi connectivity index (χ0v) is 32.7. The molecule has 0 aromatic carbocycles. The molecular weight excluding hydrogens is 561 g/mol. The molecule has 5 heteroatoms. The zero-order valence-electron chi connectivity index (χ0n) is 30.7. The van der Waals surface area contributed by atoms with Crippen molar-refractivity contribution in [1.82, 2.24) is 0 Å². The van der Waals surface area contributed by atoms with E-state index >= 15 is 0 Å². The number of fused-ring (bicyclic) bond motifs is 2. The highest BCUT2D eigenvalue weighted by Gasteiger charge is 2.61. The zero-order chi connectivity index (χ0) is 32.1. The van der Waals surface area contributed by atoms with Crippen LogP contribution in [-0.4, -0.2) is 39.0 Å². The standard InChI is InChI=1S/C38H72O3Si2/c1-13-43(14-2,15-3)41-35(8,9)21-16-18-29(4)32-19-20-33-36(32,10)22-17-23-38(33,39)25-24-37-27-30(37)26-31(28-37)40-42(11,12)34(5,6)7/h24-25,29-33,39H,13-23,26-28H2,1-12H3/b25-24+/t29-,30+,31+,32-,33-,36-,37-,38?/m1/s1. The fourth-order valence-corrected chi connectivity index (χ4v) is 14.8. The normalized spacial score (nSPS) is 37.5. The van der Waals surface area contributed by atoms with Crippen LogP contribution in [0.3, 0.4) is 0 Å². The number of aliphatic hydroxyl groups is 1. The summed E-state index contributed by atoms with van der Waals surface area (Å²) in [7, 11) is -3.33. The number of allylic oxidation sites excluding steroid dienone is 1. The first kappa shape index (κ1) is 35.9. The van der Waals surface area contributed by atoms with Crippen LogP contribution in [0.15, 0.2) is 12.2 Å². The predicted molar refractivity (Wildman–Crippen MR) is 189 cm³/mol. The Morgan fingerprint density at radius 1 is 0.953 bits per heavy atom. The summed E-state index contributed by atoms with van der Waals surface area (Å²) in [4.78, 5) is 0. The summed E-state index contributed by atoms with van der Waals surface area (Å²) in [5.41, 5.74) is -0.0979. The molecule has 0 spiro atoms. The molecule has 0 aromatic heterocycles. The van der Waals surface area contributed by atoms with E-state index in [0.717, 1.165) is 37.5 Å². The first-order valence-electron chi connectivity index (χ1n) is 18.6. The van der Waals surface area contributed by atoms with E-state index in [9.17, 15) is 5.11 Å². The van der Waals surface area contributed by atoms with Gasteiger partial charge >= 0.3 is 0 Å². The number of hydrogen-bond donors (Lipinski definition) is 1. The maximum atomic E-state index is 12.3. The van der Waals surface area contributed by atoms with Gasteiger partial charge in [-0.2, -0.15) is 0 Å². The van der Waals surface area contributed by atoms with Crippen molar-refractivity contribution in [3.63, 3.8) is 0 Å². The molecule has 0 heterocycles. The summed E-state index contributed by atoms with van der Waals surface area (Å²) in [5, 5.41) is 12.6. The minimum atomic E-state index is -1.74. The molecule has 0 radical (unpaired) electrons.